The molecule has 0 atom stereocenters. The van der Waals surface area contributed by atoms with E-state index in [2.05, 4.69) is 11.8 Å². The first-order valence-corrected chi connectivity index (χ1v) is 9.16. The molecule has 1 saturated heterocycles. The zero-order chi connectivity index (χ0) is 16.7. The van der Waals surface area contributed by atoms with Crippen molar-refractivity contribution in [1.29, 1.82) is 0 Å². The van der Waals surface area contributed by atoms with Gasteiger partial charge >= 0.3 is 5.76 Å². The first-order chi connectivity index (χ1) is 11.6. The largest absolute Gasteiger partial charge is 0.420 e. The Morgan fingerprint density at radius 2 is 1.75 bits per heavy atom. The van der Waals surface area contributed by atoms with Crippen LogP contribution in [0.25, 0.3) is 11.1 Å². The zero-order valence-electron chi connectivity index (χ0n) is 14.2. The molecule has 0 N–H and O–H groups in total. The van der Waals surface area contributed by atoms with Gasteiger partial charge in [0.05, 0.1) is 5.52 Å². The summed E-state index contributed by atoms with van der Waals surface area (Å²) in [6.45, 7) is 4.37. The van der Waals surface area contributed by atoms with Crippen LogP contribution in [0, 0.1) is 11.7 Å². The number of aromatic nitrogens is 1. The number of halogens is 1. The monoisotopic (exact) mass is 332 g/mol. The van der Waals surface area contributed by atoms with Crippen LogP contribution in [-0.4, -0.2) is 28.6 Å². The van der Waals surface area contributed by atoms with Crippen molar-refractivity contribution < 1.29 is 8.81 Å². The van der Waals surface area contributed by atoms with Crippen molar-refractivity contribution in [1.82, 2.24) is 9.47 Å². The molecule has 2 aromatic rings. The molecule has 0 amide bonds. The van der Waals surface area contributed by atoms with Crippen LogP contribution in [0.5, 0.6) is 0 Å². The van der Waals surface area contributed by atoms with Crippen molar-refractivity contribution in [3.63, 3.8) is 0 Å². The fourth-order valence-corrected chi connectivity index (χ4v) is 4.47. The quantitative estimate of drug-likeness (QED) is 0.836. The predicted molar refractivity (Wildman–Crippen MR) is 91.7 cm³/mol. The van der Waals surface area contributed by atoms with Crippen molar-refractivity contribution in [2.75, 3.05) is 13.1 Å². The van der Waals surface area contributed by atoms with Gasteiger partial charge < -0.3 is 9.32 Å². The van der Waals surface area contributed by atoms with Crippen molar-refractivity contribution >= 4 is 11.1 Å². The Bertz CT molecular complexity index is 765. The molecule has 4 rings (SSSR count). The van der Waals surface area contributed by atoms with E-state index in [9.17, 15) is 9.18 Å². The number of fused-ring (bicyclic) bond motifs is 1. The van der Waals surface area contributed by atoms with Gasteiger partial charge in [-0.15, -0.1) is 0 Å². The summed E-state index contributed by atoms with van der Waals surface area (Å²) in [5, 5.41) is 0. The third-order valence-electron chi connectivity index (χ3n) is 5.94. The van der Waals surface area contributed by atoms with Gasteiger partial charge in [-0.1, -0.05) is 6.92 Å². The van der Waals surface area contributed by atoms with Crippen LogP contribution < -0.4 is 5.76 Å². The van der Waals surface area contributed by atoms with Crippen LogP contribution in [0.4, 0.5) is 4.39 Å². The lowest BCUT2D eigenvalue weighted by Crippen LogP contribution is -2.44. The number of oxazole rings is 1. The maximum atomic E-state index is 13.6. The van der Waals surface area contributed by atoms with E-state index in [1.54, 1.807) is 10.6 Å². The van der Waals surface area contributed by atoms with E-state index >= 15 is 0 Å². The lowest BCUT2D eigenvalue weighted by atomic mass is 9.85. The average molecular weight is 332 g/mol. The summed E-state index contributed by atoms with van der Waals surface area (Å²) in [5.41, 5.74) is 1.06. The number of piperidine rings is 1. The second-order valence-electron chi connectivity index (χ2n) is 7.53. The van der Waals surface area contributed by atoms with Gasteiger partial charge in [0.15, 0.2) is 5.58 Å². The number of nitrogens with zero attached hydrogens (tertiary/aromatic N) is 2. The summed E-state index contributed by atoms with van der Waals surface area (Å²) < 4.78 is 20.5. The van der Waals surface area contributed by atoms with Gasteiger partial charge in [0.25, 0.3) is 0 Å². The molecule has 2 aliphatic rings. The molecule has 1 aromatic carbocycles. The van der Waals surface area contributed by atoms with Gasteiger partial charge in [0.1, 0.15) is 5.82 Å². The number of hydrogen-bond donors (Lipinski definition) is 0. The Labute approximate surface area is 141 Å². The molecular weight excluding hydrogens is 307 g/mol. The summed E-state index contributed by atoms with van der Waals surface area (Å²) in [5.74, 6) is 0.177. The van der Waals surface area contributed by atoms with Gasteiger partial charge in [0, 0.05) is 31.2 Å². The highest BCUT2D eigenvalue weighted by molar-refractivity contribution is 5.73. The molecule has 1 aliphatic heterocycles. The smallest absolute Gasteiger partial charge is 0.408 e. The maximum Gasteiger partial charge on any atom is 0.420 e. The third kappa shape index (κ3) is 2.90. The number of rotatable bonds is 2. The molecule has 0 unspecified atom stereocenters. The molecule has 1 aromatic heterocycles. The minimum absolute atomic E-state index is 0.110. The molecule has 130 valence electrons. The molecule has 1 aliphatic carbocycles. The average Bonchev–Trinajstić information content (AvgIpc) is 2.91. The Hall–Kier alpha value is -1.62. The number of hydrogen-bond acceptors (Lipinski definition) is 3. The summed E-state index contributed by atoms with van der Waals surface area (Å²) in [7, 11) is 0. The minimum Gasteiger partial charge on any atom is -0.408 e. The molecule has 0 bridgehead atoms. The summed E-state index contributed by atoms with van der Waals surface area (Å²) in [4.78, 5) is 14.8. The molecule has 2 fully saturated rings. The normalized spacial score (nSPS) is 26.9. The van der Waals surface area contributed by atoms with E-state index < -0.39 is 0 Å². The van der Waals surface area contributed by atoms with Crippen LogP contribution >= 0.6 is 0 Å². The SMILES string of the molecule is CC1CCC(N2CCC(n3c(=O)oc4ccc(F)cc43)CC2)CC1. The fraction of sp³-hybridized carbons (Fsp3) is 0.632. The molecule has 5 heteroatoms. The fourth-order valence-electron chi connectivity index (χ4n) is 4.47. The van der Waals surface area contributed by atoms with E-state index in [0.717, 1.165) is 31.8 Å². The van der Waals surface area contributed by atoms with Gasteiger partial charge in [-0.2, -0.15) is 0 Å². The van der Waals surface area contributed by atoms with Gasteiger partial charge in [0.2, 0.25) is 0 Å². The van der Waals surface area contributed by atoms with E-state index in [4.69, 9.17) is 4.42 Å². The summed E-state index contributed by atoms with van der Waals surface area (Å²) in [6.07, 6.45) is 7.11. The van der Waals surface area contributed by atoms with E-state index in [1.807, 2.05) is 0 Å². The lowest BCUT2D eigenvalue weighted by Gasteiger charge is -2.40. The summed E-state index contributed by atoms with van der Waals surface area (Å²) >= 11 is 0. The number of benzene rings is 1. The highest BCUT2D eigenvalue weighted by atomic mass is 19.1. The first kappa shape index (κ1) is 15.9. The predicted octanol–water partition coefficient (Wildman–Crippen LogP) is 3.95. The number of likely N-dealkylation sites (tertiary alicyclic amines) is 1. The van der Waals surface area contributed by atoms with Crippen LogP contribution in [-0.2, 0) is 0 Å². The Kier molecular flexibility index (Phi) is 4.21. The van der Waals surface area contributed by atoms with E-state index in [1.165, 1.54) is 37.8 Å². The van der Waals surface area contributed by atoms with Crippen LogP contribution in [0.3, 0.4) is 0 Å². The highest BCUT2D eigenvalue weighted by Gasteiger charge is 2.30. The minimum atomic E-state index is -0.361. The van der Waals surface area contributed by atoms with Gasteiger partial charge in [-0.3, -0.25) is 4.57 Å². The molecule has 1 saturated carbocycles. The van der Waals surface area contributed by atoms with Gasteiger partial charge in [-0.25, -0.2) is 9.18 Å². The van der Waals surface area contributed by atoms with E-state index in [0.29, 0.717) is 17.1 Å². The van der Waals surface area contributed by atoms with Crippen LogP contribution in [0.2, 0.25) is 0 Å². The molecule has 0 radical (unpaired) electrons. The van der Waals surface area contributed by atoms with Crippen LogP contribution in [0.15, 0.2) is 27.4 Å². The van der Waals surface area contributed by atoms with Crippen molar-refractivity contribution in [2.45, 2.75) is 57.5 Å². The topological polar surface area (TPSA) is 38.4 Å². The zero-order valence-corrected chi connectivity index (χ0v) is 14.2. The highest BCUT2D eigenvalue weighted by Crippen LogP contribution is 2.32. The standard InChI is InChI=1S/C19H25FN2O2/c1-13-2-5-15(6-3-13)21-10-8-16(9-11-21)22-17-12-14(20)4-7-18(17)24-19(22)23/h4,7,12-13,15-16H,2-3,5-6,8-11H2,1H3. The molecule has 24 heavy (non-hydrogen) atoms. The second-order valence-corrected chi connectivity index (χ2v) is 7.53. The second kappa shape index (κ2) is 6.36. The summed E-state index contributed by atoms with van der Waals surface area (Å²) in [6, 6.07) is 5.11. The van der Waals surface area contributed by atoms with Gasteiger partial charge in [-0.05, 0) is 56.6 Å². The van der Waals surface area contributed by atoms with E-state index in [-0.39, 0.29) is 17.6 Å². The van der Waals surface area contributed by atoms with Crippen molar-refractivity contribution in [3.05, 3.63) is 34.6 Å². The van der Waals surface area contributed by atoms with Crippen molar-refractivity contribution in [3.8, 4) is 0 Å². The Morgan fingerprint density at radius 3 is 2.46 bits per heavy atom. The molecule has 0 spiro atoms. The molecular formula is C19H25FN2O2. The molecule has 4 nitrogen and oxygen atoms in total. The van der Waals surface area contributed by atoms with Crippen LogP contribution in [0.1, 0.15) is 51.5 Å². The molecule has 2 heterocycles. The lowest BCUT2D eigenvalue weighted by molar-refractivity contribution is 0.0980. The van der Waals surface area contributed by atoms with Crippen molar-refractivity contribution in [2.24, 2.45) is 5.92 Å². The maximum absolute atomic E-state index is 13.6. The third-order valence-corrected chi connectivity index (χ3v) is 5.94. The Morgan fingerprint density at radius 1 is 1.04 bits per heavy atom. The Balaban J connectivity index is 1.49. The first-order valence-electron chi connectivity index (χ1n) is 9.16.